The Morgan fingerprint density at radius 3 is 1.91 bits per heavy atom. The molecular weight excluding hydrogens is 609 g/mol. The summed E-state index contributed by atoms with van der Waals surface area (Å²) in [6.07, 6.45) is -13.7. The van der Waals surface area contributed by atoms with Gasteiger partial charge in [-0.2, -0.15) is 44.3 Å². The summed E-state index contributed by atoms with van der Waals surface area (Å²) in [5, 5.41) is 11.5. The summed E-state index contributed by atoms with van der Waals surface area (Å²) in [5.74, 6) is -0.213. The minimum atomic E-state index is -5.10. The number of hydrogen-bond donors (Lipinski definition) is 0. The highest BCUT2D eigenvalue weighted by molar-refractivity contribution is 5.47. The fraction of sp³-hybridized carbons (Fsp3) is 0.481. The van der Waals surface area contributed by atoms with Gasteiger partial charge in [0.15, 0.2) is 0 Å². The van der Waals surface area contributed by atoms with Gasteiger partial charge in [-0.25, -0.2) is 0 Å². The second-order valence-corrected chi connectivity index (χ2v) is 10.4. The van der Waals surface area contributed by atoms with E-state index in [-0.39, 0.29) is 17.6 Å². The zero-order valence-corrected chi connectivity index (χ0v) is 23.5. The molecule has 44 heavy (non-hydrogen) atoms. The molecular formula is C27H28F9N7O. The van der Waals surface area contributed by atoms with E-state index in [0.29, 0.717) is 56.7 Å². The van der Waals surface area contributed by atoms with Crippen molar-refractivity contribution in [3.63, 3.8) is 0 Å². The number of aryl methyl sites for hydroxylation is 1. The van der Waals surface area contributed by atoms with Crippen LogP contribution in [0.1, 0.15) is 52.8 Å². The van der Waals surface area contributed by atoms with Crippen molar-refractivity contribution in [1.29, 1.82) is 0 Å². The maximum Gasteiger partial charge on any atom is 0.416 e. The number of alkyl halides is 9. The molecule has 1 atom stereocenters. The monoisotopic (exact) mass is 637 g/mol. The quantitative estimate of drug-likeness (QED) is 0.222. The lowest BCUT2D eigenvalue weighted by atomic mass is 9.94. The lowest BCUT2D eigenvalue weighted by Gasteiger charge is -2.39. The molecule has 0 aliphatic carbocycles. The van der Waals surface area contributed by atoms with E-state index in [4.69, 9.17) is 0 Å². The van der Waals surface area contributed by atoms with Gasteiger partial charge in [-0.1, -0.05) is 18.1 Å². The van der Waals surface area contributed by atoms with Gasteiger partial charge in [0.05, 0.1) is 23.7 Å². The van der Waals surface area contributed by atoms with Gasteiger partial charge in [-0.3, -0.25) is 9.69 Å². The fourth-order valence-corrected chi connectivity index (χ4v) is 5.21. The Kier molecular flexibility index (Phi) is 9.46. The SMILES string of the molecule is CCC(c1ccc(C(F)(F)F)cc1CN(Cc1cc(C(F)(F)F)cc(C(F)(F)F)c1)c1nnn(C)n1)N1CCN(C=O)CC1. The number of halogens is 9. The van der Waals surface area contributed by atoms with Crippen LogP contribution in [0.15, 0.2) is 36.4 Å². The summed E-state index contributed by atoms with van der Waals surface area (Å²) in [5.41, 5.74) is -3.86. The number of hydrogen-bond acceptors (Lipinski definition) is 6. The van der Waals surface area contributed by atoms with Crippen LogP contribution in [0, 0.1) is 0 Å². The zero-order chi connectivity index (χ0) is 32.4. The molecule has 4 rings (SSSR count). The molecule has 2 aromatic carbocycles. The Morgan fingerprint density at radius 2 is 1.43 bits per heavy atom. The number of carbonyl (C=O) groups is 1. The van der Waals surface area contributed by atoms with Crippen molar-refractivity contribution in [2.75, 3.05) is 31.1 Å². The number of amides is 1. The third-order valence-corrected chi connectivity index (χ3v) is 7.32. The van der Waals surface area contributed by atoms with E-state index >= 15 is 0 Å². The molecule has 1 fully saturated rings. The lowest BCUT2D eigenvalue weighted by molar-refractivity contribution is -0.143. The first-order valence-corrected chi connectivity index (χ1v) is 13.4. The Hall–Kier alpha value is -3.89. The molecule has 2 heterocycles. The van der Waals surface area contributed by atoms with Crippen molar-refractivity contribution >= 4 is 12.4 Å². The summed E-state index contributed by atoms with van der Waals surface area (Å²) in [6.45, 7) is 2.53. The highest BCUT2D eigenvalue weighted by Crippen LogP contribution is 2.38. The molecule has 17 heteroatoms. The van der Waals surface area contributed by atoms with Crippen molar-refractivity contribution in [3.8, 4) is 0 Å². The number of rotatable bonds is 9. The molecule has 1 amide bonds. The van der Waals surface area contributed by atoms with E-state index in [1.807, 2.05) is 11.8 Å². The van der Waals surface area contributed by atoms with Crippen LogP contribution >= 0.6 is 0 Å². The number of tetrazole rings is 1. The molecule has 1 aliphatic heterocycles. The van der Waals surface area contributed by atoms with Crippen LogP contribution < -0.4 is 4.90 Å². The fourth-order valence-electron chi connectivity index (χ4n) is 5.21. The topological polar surface area (TPSA) is 70.4 Å². The van der Waals surface area contributed by atoms with Crippen LogP contribution in [0.2, 0.25) is 0 Å². The molecule has 0 bridgehead atoms. The van der Waals surface area contributed by atoms with Crippen molar-refractivity contribution in [1.82, 2.24) is 30.0 Å². The highest BCUT2D eigenvalue weighted by Gasteiger charge is 2.38. The molecule has 1 aliphatic rings. The number of carbonyl (C=O) groups excluding carboxylic acids is 1. The number of piperazine rings is 1. The van der Waals surface area contributed by atoms with E-state index in [1.165, 1.54) is 18.0 Å². The average molecular weight is 638 g/mol. The van der Waals surface area contributed by atoms with E-state index in [1.54, 1.807) is 4.90 Å². The zero-order valence-electron chi connectivity index (χ0n) is 23.5. The van der Waals surface area contributed by atoms with Crippen molar-refractivity contribution in [2.45, 2.75) is 51.0 Å². The Morgan fingerprint density at radius 1 is 0.841 bits per heavy atom. The minimum Gasteiger partial charge on any atom is -0.343 e. The van der Waals surface area contributed by atoms with Crippen LogP contribution in [0.25, 0.3) is 0 Å². The number of anilines is 1. The smallest absolute Gasteiger partial charge is 0.343 e. The summed E-state index contributed by atoms with van der Waals surface area (Å²) in [6, 6.07) is 3.86. The predicted molar refractivity (Wildman–Crippen MR) is 139 cm³/mol. The van der Waals surface area contributed by atoms with Gasteiger partial charge in [0.1, 0.15) is 0 Å². The first-order chi connectivity index (χ1) is 20.5. The number of aromatic nitrogens is 4. The van der Waals surface area contributed by atoms with Crippen LogP contribution in [0.3, 0.4) is 0 Å². The summed E-state index contributed by atoms with van der Waals surface area (Å²) in [7, 11) is 1.38. The van der Waals surface area contributed by atoms with Crippen molar-refractivity contribution in [3.05, 3.63) is 69.8 Å². The second kappa shape index (κ2) is 12.6. The normalized spacial score (nSPS) is 15.8. The largest absolute Gasteiger partial charge is 0.416 e. The van der Waals surface area contributed by atoms with Gasteiger partial charge >= 0.3 is 18.5 Å². The first kappa shape index (κ1) is 33.0. The molecule has 8 nitrogen and oxygen atoms in total. The molecule has 0 spiro atoms. The first-order valence-electron chi connectivity index (χ1n) is 13.4. The van der Waals surface area contributed by atoms with Crippen LogP contribution in [-0.2, 0) is 43.5 Å². The molecule has 1 aromatic heterocycles. The van der Waals surface area contributed by atoms with E-state index in [2.05, 4.69) is 15.4 Å². The molecule has 3 aromatic rings. The van der Waals surface area contributed by atoms with Gasteiger partial charge in [0.2, 0.25) is 6.41 Å². The maximum atomic E-state index is 13.8. The van der Waals surface area contributed by atoms with E-state index < -0.39 is 59.9 Å². The second-order valence-electron chi connectivity index (χ2n) is 10.4. The van der Waals surface area contributed by atoms with Gasteiger partial charge in [-0.15, -0.1) is 5.10 Å². The molecule has 1 unspecified atom stereocenters. The van der Waals surface area contributed by atoms with Gasteiger partial charge in [-0.05, 0) is 58.7 Å². The lowest BCUT2D eigenvalue weighted by Crippen LogP contribution is -2.47. The summed E-state index contributed by atoms with van der Waals surface area (Å²) in [4.78, 5) is 16.9. The van der Waals surface area contributed by atoms with Crippen molar-refractivity contribution in [2.24, 2.45) is 7.05 Å². The number of nitrogens with zero attached hydrogens (tertiary/aromatic N) is 7. The minimum absolute atomic E-state index is 0.00444. The van der Waals surface area contributed by atoms with Crippen LogP contribution in [-0.4, -0.2) is 62.6 Å². The molecule has 0 saturated carbocycles. The summed E-state index contributed by atoms with van der Waals surface area (Å²) >= 11 is 0. The Labute approximate surface area is 246 Å². The summed E-state index contributed by atoms with van der Waals surface area (Å²) < 4.78 is 123. The highest BCUT2D eigenvalue weighted by atomic mass is 19.4. The van der Waals surface area contributed by atoms with Crippen LogP contribution in [0.5, 0.6) is 0 Å². The molecule has 1 saturated heterocycles. The van der Waals surface area contributed by atoms with Crippen molar-refractivity contribution < 1.29 is 44.3 Å². The molecule has 0 N–H and O–H groups in total. The van der Waals surface area contributed by atoms with Gasteiger partial charge in [0.25, 0.3) is 5.95 Å². The number of benzene rings is 2. The third-order valence-electron chi connectivity index (χ3n) is 7.32. The predicted octanol–water partition coefficient (Wildman–Crippen LogP) is 5.70. The van der Waals surface area contributed by atoms with Gasteiger partial charge < -0.3 is 9.80 Å². The Bertz CT molecular complexity index is 1410. The van der Waals surface area contributed by atoms with E-state index in [9.17, 15) is 44.3 Å². The third kappa shape index (κ3) is 7.78. The molecule has 240 valence electrons. The average Bonchev–Trinajstić information content (AvgIpc) is 3.38. The maximum absolute atomic E-state index is 13.8. The molecule has 0 radical (unpaired) electrons. The Balaban J connectivity index is 1.79. The van der Waals surface area contributed by atoms with Gasteiger partial charge in [0, 0.05) is 45.3 Å². The van der Waals surface area contributed by atoms with Crippen LogP contribution in [0.4, 0.5) is 45.5 Å². The van der Waals surface area contributed by atoms with E-state index in [0.717, 1.165) is 16.9 Å². The standard InChI is InChI=1S/C27H28F9N7O/c1-3-23(42-8-6-41(16-44)7-9-42)22-5-4-19(25(28,29)30)12-18(22)15-43(24-37-39-40(2)38-24)14-17-10-20(26(31,32)33)13-21(11-17)27(34,35)36/h4-5,10-13,16,23H,3,6-9,14-15H2,1-2H3.